The molecule has 1 atom stereocenters. The van der Waals surface area contributed by atoms with Crippen LogP contribution in [-0.2, 0) is 9.59 Å². The van der Waals surface area contributed by atoms with Crippen LogP contribution >= 0.6 is 0 Å². The average Bonchev–Trinajstić information content (AvgIpc) is 3.16. The molecule has 1 heterocycles. The van der Waals surface area contributed by atoms with Crippen LogP contribution in [-0.4, -0.2) is 25.0 Å². The predicted octanol–water partition coefficient (Wildman–Crippen LogP) is 5.12. The van der Waals surface area contributed by atoms with Crippen LogP contribution in [0, 0.1) is 0 Å². The molecule has 0 aliphatic carbocycles. The summed E-state index contributed by atoms with van der Waals surface area (Å²) in [6.45, 7) is 5.23. The molecule has 6 heteroatoms. The fourth-order valence-corrected chi connectivity index (χ4v) is 3.59. The van der Waals surface area contributed by atoms with Crippen LogP contribution in [0.5, 0.6) is 11.5 Å². The van der Waals surface area contributed by atoms with Crippen molar-refractivity contribution in [2.24, 2.45) is 0 Å². The fraction of sp³-hybridized carbons (Fsp3) is 0.214. The van der Waals surface area contributed by atoms with Gasteiger partial charge < -0.3 is 9.47 Å². The first-order valence-electron chi connectivity index (χ1n) is 11.4. The number of benzene rings is 3. The molecule has 1 aliphatic heterocycles. The molecule has 3 aromatic rings. The summed E-state index contributed by atoms with van der Waals surface area (Å²) >= 11 is 0. The number of amides is 2. The third-order valence-corrected chi connectivity index (χ3v) is 5.78. The van der Waals surface area contributed by atoms with E-state index in [4.69, 9.17) is 9.47 Å². The minimum Gasteiger partial charge on any atom is -0.490 e. The number of anilines is 1. The highest BCUT2D eigenvalue weighted by atomic mass is 16.5. The first-order valence-corrected chi connectivity index (χ1v) is 11.4. The van der Waals surface area contributed by atoms with Gasteiger partial charge in [0, 0.05) is 0 Å². The van der Waals surface area contributed by atoms with Crippen LogP contribution in [0.2, 0.25) is 0 Å². The smallest absolute Gasteiger partial charge is 0.282 e. The number of nitrogens with zero attached hydrogens (tertiary/aromatic N) is 1. The van der Waals surface area contributed by atoms with Crippen LogP contribution in [0.3, 0.4) is 0 Å². The van der Waals surface area contributed by atoms with Crippen LogP contribution in [0.1, 0.15) is 37.3 Å². The van der Waals surface area contributed by atoms with Crippen LogP contribution in [0.4, 0.5) is 5.69 Å². The highest BCUT2D eigenvalue weighted by molar-refractivity contribution is 6.31. The molecule has 3 aromatic carbocycles. The molecule has 174 valence electrons. The Bertz CT molecular complexity index is 1160. The zero-order valence-corrected chi connectivity index (χ0v) is 19.4. The summed E-state index contributed by atoms with van der Waals surface area (Å²) in [5.74, 6) is 1.24. The first-order chi connectivity index (χ1) is 16.5. The third kappa shape index (κ3) is 5.46. The van der Waals surface area contributed by atoms with Gasteiger partial charge >= 0.3 is 0 Å². The molecule has 6 nitrogen and oxygen atoms in total. The lowest BCUT2D eigenvalue weighted by Crippen LogP contribution is -2.35. The second-order valence-electron chi connectivity index (χ2n) is 8.12. The number of hydrogen-bond donors (Lipinski definition) is 1. The Morgan fingerprint density at radius 1 is 0.853 bits per heavy atom. The van der Waals surface area contributed by atoms with Crippen molar-refractivity contribution in [1.82, 2.24) is 5.43 Å². The summed E-state index contributed by atoms with van der Waals surface area (Å²) < 4.78 is 11.5. The van der Waals surface area contributed by atoms with Crippen LogP contribution in [0.25, 0.3) is 6.08 Å². The van der Waals surface area contributed by atoms with Gasteiger partial charge in [-0.05, 0) is 65.9 Å². The molecule has 4 rings (SSSR count). The Morgan fingerprint density at radius 3 is 2.03 bits per heavy atom. The summed E-state index contributed by atoms with van der Waals surface area (Å²) in [6.07, 6.45) is 2.69. The Kier molecular flexibility index (Phi) is 7.28. The Morgan fingerprint density at radius 2 is 1.44 bits per heavy atom. The number of hydrazine groups is 1. The lowest BCUT2D eigenvalue weighted by Gasteiger charge is -2.13. The Labute approximate surface area is 199 Å². The van der Waals surface area contributed by atoms with Gasteiger partial charge in [-0.2, -0.15) is 0 Å². The summed E-state index contributed by atoms with van der Waals surface area (Å²) in [7, 11) is 0. The van der Waals surface area contributed by atoms with E-state index < -0.39 is 5.91 Å². The summed E-state index contributed by atoms with van der Waals surface area (Å²) in [5, 5.41) is 1.25. The van der Waals surface area contributed by atoms with E-state index in [0.29, 0.717) is 30.6 Å². The monoisotopic (exact) mass is 456 g/mol. The zero-order valence-electron chi connectivity index (χ0n) is 19.4. The number of hydrogen-bond acceptors (Lipinski definition) is 4. The highest BCUT2D eigenvalue weighted by Gasteiger charge is 2.34. The minimum absolute atomic E-state index is 0.0882. The zero-order chi connectivity index (χ0) is 23.9. The molecular formula is C28H28N2O4. The molecule has 0 saturated carbocycles. The van der Waals surface area contributed by atoms with Crippen molar-refractivity contribution in [3.05, 3.63) is 95.6 Å². The van der Waals surface area contributed by atoms with Gasteiger partial charge in [-0.3, -0.25) is 15.0 Å². The van der Waals surface area contributed by atoms with E-state index in [0.717, 1.165) is 17.7 Å². The van der Waals surface area contributed by atoms with E-state index in [-0.39, 0.29) is 11.5 Å². The third-order valence-electron chi connectivity index (χ3n) is 5.78. The van der Waals surface area contributed by atoms with Gasteiger partial charge in [0.15, 0.2) is 0 Å². The predicted molar refractivity (Wildman–Crippen MR) is 133 cm³/mol. The van der Waals surface area contributed by atoms with Gasteiger partial charge in [-0.1, -0.05) is 56.3 Å². The van der Waals surface area contributed by atoms with Crippen molar-refractivity contribution in [2.75, 3.05) is 18.2 Å². The maximum Gasteiger partial charge on any atom is 0.282 e. The molecule has 1 N–H and O–H groups in total. The maximum atomic E-state index is 12.7. The number of carbonyl (C=O) groups excluding carboxylic acids is 2. The number of rotatable bonds is 9. The van der Waals surface area contributed by atoms with Crippen molar-refractivity contribution in [3.8, 4) is 11.5 Å². The molecule has 2 amide bonds. The molecule has 1 aliphatic rings. The van der Waals surface area contributed by atoms with E-state index in [1.54, 1.807) is 30.3 Å². The van der Waals surface area contributed by atoms with Gasteiger partial charge in [-0.25, -0.2) is 5.01 Å². The Hall–Kier alpha value is -4.06. The second-order valence-corrected chi connectivity index (χ2v) is 8.12. The summed E-state index contributed by atoms with van der Waals surface area (Å²) in [4.78, 5) is 25.0. The van der Waals surface area contributed by atoms with E-state index in [1.165, 1.54) is 10.6 Å². The normalized spacial score (nSPS) is 15.4. The standard InChI is InChI=1S/C28H28N2O4/c1-3-20(2)22-11-15-25(16-12-22)34-18-17-33-24-13-9-21(10-14-24)19-26-27(31)29-30(28(26)32)23-7-5-4-6-8-23/h4-16,19-20H,3,17-18H2,1-2H3,(H,29,31)/b26-19+/t20-/m0/s1. The largest absolute Gasteiger partial charge is 0.490 e. The van der Waals surface area contributed by atoms with E-state index >= 15 is 0 Å². The average molecular weight is 457 g/mol. The van der Waals surface area contributed by atoms with Crippen LogP contribution < -0.4 is 19.9 Å². The van der Waals surface area contributed by atoms with E-state index in [2.05, 4.69) is 31.4 Å². The van der Waals surface area contributed by atoms with Crippen molar-refractivity contribution >= 4 is 23.6 Å². The molecule has 1 saturated heterocycles. The summed E-state index contributed by atoms with van der Waals surface area (Å²) in [5.41, 5.74) is 5.35. The number of carbonyl (C=O) groups is 2. The van der Waals surface area contributed by atoms with Gasteiger partial charge in [0.1, 0.15) is 30.3 Å². The lowest BCUT2D eigenvalue weighted by atomic mass is 9.99. The minimum atomic E-state index is -0.427. The molecule has 0 radical (unpaired) electrons. The molecule has 34 heavy (non-hydrogen) atoms. The molecular weight excluding hydrogens is 428 g/mol. The lowest BCUT2D eigenvalue weighted by molar-refractivity contribution is -0.117. The number of nitrogens with one attached hydrogen (secondary N) is 1. The van der Waals surface area contributed by atoms with Gasteiger partial charge in [-0.15, -0.1) is 0 Å². The van der Waals surface area contributed by atoms with Gasteiger partial charge in [0.25, 0.3) is 11.8 Å². The van der Waals surface area contributed by atoms with Crippen LogP contribution in [0.15, 0.2) is 84.4 Å². The topological polar surface area (TPSA) is 67.9 Å². The maximum absolute atomic E-state index is 12.7. The molecule has 1 fully saturated rings. The van der Waals surface area contributed by atoms with Crippen molar-refractivity contribution in [1.29, 1.82) is 0 Å². The summed E-state index contributed by atoms with van der Waals surface area (Å²) in [6, 6.07) is 24.4. The molecule has 0 aromatic heterocycles. The SMILES string of the molecule is CC[C@H](C)c1ccc(OCCOc2ccc(/C=C3\C(=O)NN(c4ccccc4)C3=O)cc2)cc1. The first kappa shape index (κ1) is 23.1. The quantitative estimate of drug-likeness (QED) is 0.276. The van der Waals surface area contributed by atoms with E-state index in [1.807, 2.05) is 42.5 Å². The number of para-hydroxylation sites is 1. The molecule has 0 spiro atoms. The van der Waals surface area contributed by atoms with Crippen molar-refractivity contribution in [2.45, 2.75) is 26.2 Å². The van der Waals surface area contributed by atoms with Crippen molar-refractivity contribution in [3.63, 3.8) is 0 Å². The highest BCUT2D eigenvalue weighted by Crippen LogP contribution is 2.23. The fourth-order valence-electron chi connectivity index (χ4n) is 3.59. The molecule has 0 bridgehead atoms. The number of ether oxygens (including phenoxy) is 2. The Balaban J connectivity index is 1.29. The van der Waals surface area contributed by atoms with Crippen molar-refractivity contribution < 1.29 is 19.1 Å². The molecule has 0 unspecified atom stereocenters. The second kappa shape index (κ2) is 10.7. The van der Waals surface area contributed by atoms with Gasteiger partial charge in [0.05, 0.1) is 5.69 Å². The van der Waals surface area contributed by atoms with Gasteiger partial charge in [0.2, 0.25) is 0 Å². The van der Waals surface area contributed by atoms with E-state index in [9.17, 15) is 9.59 Å².